The van der Waals surface area contributed by atoms with Crippen molar-refractivity contribution >= 4 is 23.6 Å². The maximum absolute atomic E-state index is 13.9. The molecule has 0 aromatic heterocycles. The predicted octanol–water partition coefficient (Wildman–Crippen LogP) is 5.83. The van der Waals surface area contributed by atoms with Crippen molar-refractivity contribution in [3.8, 4) is 0 Å². The second kappa shape index (κ2) is 11.6. The molecule has 2 rings (SSSR count). The molecule has 0 saturated carbocycles. The summed E-state index contributed by atoms with van der Waals surface area (Å²) in [5.74, 6) is -0.696. The second-order valence-electron chi connectivity index (χ2n) is 10.9. The summed E-state index contributed by atoms with van der Waals surface area (Å²) in [5, 5.41) is 5.59. The molecule has 1 unspecified atom stereocenters. The molecule has 0 saturated heterocycles. The number of hydrogen-bond donors (Lipinski definition) is 2. The molecule has 2 aromatic carbocycles. The van der Waals surface area contributed by atoms with Crippen molar-refractivity contribution in [1.82, 2.24) is 10.2 Å². The van der Waals surface area contributed by atoms with Crippen LogP contribution >= 0.6 is 0 Å². The fraction of sp³-hybridized carbons (Fsp3) is 0.483. The zero-order chi connectivity index (χ0) is 27.3. The number of benzene rings is 2. The van der Waals surface area contributed by atoms with E-state index in [1.54, 1.807) is 25.7 Å². The van der Waals surface area contributed by atoms with Gasteiger partial charge < -0.3 is 20.3 Å². The highest BCUT2D eigenvalue weighted by atomic mass is 16.6. The first kappa shape index (κ1) is 28.9. The molecule has 1 atom stereocenters. The summed E-state index contributed by atoms with van der Waals surface area (Å²) in [7, 11) is 0. The molecule has 0 spiro atoms. The molecule has 0 heterocycles. The summed E-state index contributed by atoms with van der Waals surface area (Å²) in [6, 6.07) is 12.5. The molecule has 7 nitrogen and oxygen atoms in total. The highest BCUT2D eigenvalue weighted by Crippen LogP contribution is 2.33. The Morgan fingerprint density at radius 3 is 2.06 bits per heavy atom. The Hall–Kier alpha value is -3.35. The van der Waals surface area contributed by atoms with Gasteiger partial charge in [0.25, 0.3) is 5.91 Å². The van der Waals surface area contributed by atoms with E-state index in [-0.39, 0.29) is 18.4 Å². The Morgan fingerprint density at radius 2 is 1.53 bits per heavy atom. The molecule has 7 heteroatoms. The number of aryl methyl sites for hydroxylation is 3. The van der Waals surface area contributed by atoms with E-state index in [0.29, 0.717) is 17.7 Å². The first-order valence-corrected chi connectivity index (χ1v) is 12.4. The van der Waals surface area contributed by atoms with Crippen LogP contribution in [0.4, 0.5) is 10.5 Å². The Morgan fingerprint density at radius 1 is 0.944 bits per heavy atom. The van der Waals surface area contributed by atoms with Gasteiger partial charge in [-0.3, -0.25) is 9.59 Å². The molecule has 0 aliphatic carbocycles. The largest absolute Gasteiger partial charge is 0.444 e. The Kier molecular flexibility index (Phi) is 9.30. The molecule has 0 aliphatic rings. The average Bonchev–Trinajstić information content (AvgIpc) is 2.75. The molecule has 0 aliphatic heterocycles. The number of carbonyl (C=O) groups excluding carboxylic acids is 3. The van der Waals surface area contributed by atoms with Crippen molar-refractivity contribution in [2.24, 2.45) is 0 Å². The van der Waals surface area contributed by atoms with E-state index >= 15 is 0 Å². The first-order chi connectivity index (χ1) is 16.6. The van der Waals surface area contributed by atoms with Crippen molar-refractivity contribution in [3.05, 3.63) is 64.7 Å². The third-order valence-electron chi connectivity index (χ3n) is 6.04. The van der Waals surface area contributed by atoms with E-state index in [0.717, 1.165) is 16.7 Å². The van der Waals surface area contributed by atoms with Crippen LogP contribution < -0.4 is 10.6 Å². The zero-order valence-electron chi connectivity index (χ0n) is 23.1. The lowest BCUT2D eigenvalue weighted by Crippen LogP contribution is -2.55. The number of nitrogens with zero attached hydrogens (tertiary/aromatic N) is 1. The summed E-state index contributed by atoms with van der Waals surface area (Å²) < 4.78 is 5.30. The lowest BCUT2D eigenvalue weighted by atomic mass is 9.91. The molecule has 0 fully saturated rings. The second-order valence-corrected chi connectivity index (χ2v) is 10.9. The minimum atomic E-state index is -0.911. The quantitative estimate of drug-likeness (QED) is 0.482. The van der Waals surface area contributed by atoms with E-state index in [2.05, 4.69) is 10.6 Å². The minimum absolute atomic E-state index is 0.294. The molecular formula is C29H41N3O4. The molecule has 3 amide bonds. The van der Waals surface area contributed by atoms with Gasteiger partial charge in [0.2, 0.25) is 5.91 Å². The van der Waals surface area contributed by atoms with E-state index in [9.17, 15) is 14.4 Å². The minimum Gasteiger partial charge on any atom is -0.444 e. The van der Waals surface area contributed by atoms with Crippen LogP contribution in [0.3, 0.4) is 0 Å². The van der Waals surface area contributed by atoms with Gasteiger partial charge in [-0.25, -0.2) is 4.79 Å². The molecule has 36 heavy (non-hydrogen) atoms. The number of nitrogens with one attached hydrogen (secondary N) is 2. The van der Waals surface area contributed by atoms with E-state index < -0.39 is 23.3 Å². The van der Waals surface area contributed by atoms with Gasteiger partial charge in [0.05, 0.1) is 0 Å². The summed E-state index contributed by atoms with van der Waals surface area (Å²) in [6.45, 7) is 16.7. The molecule has 196 valence electrons. The third-order valence-corrected chi connectivity index (χ3v) is 6.04. The maximum atomic E-state index is 13.9. The highest BCUT2D eigenvalue weighted by molar-refractivity contribution is 5.99. The summed E-state index contributed by atoms with van der Waals surface area (Å²) in [6.07, 6.45) is -0.0816. The summed E-state index contributed by atoms with van der Waals surface area (Å²) in [5.41, 5.74) is 2.93. The van der Waals surface area contributed by atoms with Crippen LogP contribution in [0.2, 0.25) is 0 Å². The van der Waals surface area contributed by atoms with Crippen molar-refractivity contribution in [2.75, 3.05) is 11.9 Å². The lowest BCUT2D eigenvalue weighted by molar-refractivity contribution is -0.145. The number of rotatable bonds is 8. The van der Waals surface area contributed by atoms with Crippen LogP contribution in [0, 0.1) is 20.8 Å². The van der Waals surface area contributed by atoms with Crippen molar-refractivity contribution in [2.45, 2.75) is 85.9 Å². The van der Waals surface area contributed by atoms with Crippen LogP contribution in [0.1, 0.15) is 76.3 Å². The highest BCUT2D eigenvalue weighted by Gasteiger charge is 2.40. The fourth-order valence-corrected chi connectivity index (χ4v) is 4.05. The summed E-state index contributed by atoms with van der Waals surface area (Å²) in [4.78, 5) is 41.5. The van der Waals surface area contributed by atoms with Gasteiger partial charge in [0, 0.05) is 11.2 Å². The standard InChI is InChI=1S/C29H41N3O4/c1-10-29(8,9)32(24(33)18-30-27(35)36-28(5,6)7)25(22-16-19(2)15-20(3)17-22)26(34)31-23-14-12-11-13-21(23)4/h11-17,25H,10,18H2,1-9H3,(H,30,35)(H,31,34). The number of anilines is 1. The molecular weight excluding hydrogens is 454 g/mol. The van der Waals surface area contributed by atoms with Crippen molar-refractivity contribution in [3.63, 3.8) is 0 Å². The monoisotopic (exact) mass is 495 g/mol. The first-order valence-electron chi connectivity index (χ1n) is 12.4. The number of para-hydroxylation sites is 1. The lowest BCUT2D eigenvalue weighted by Gasteiger charge is -2.43. The van der Waals surface area contributed by atoms with Gasteiger partial charge in [0.1, 0.15) is 18.2 Å². The number of ether oxygens (including phenoxy) is 1. The Bertz CT molecular complexity index is 1080. The topological polar surface area (TPSA) is 87.7 Å². The number of hydrogen-bond acceptors (Lipinski definition) is 4. The Balaban J connectivity index is 2.53. The smallest absolute Gasteiger partial charge is 0.408 e. The van der Waals surface area contributed by atoms with Crippen LogP contribution in [0.25, 0.3) is 0 Å². The van der Waals surface area contributed by atoms with Gasteiger partial charge in [-0.2, -0.15) is 0 Å². The van der Waals surface area contributed by atoms with Gasteiger partial charge in [-0.1, -0.05) is 54.4 Å². The van der Waals surface area contributed by atoms with Gasteiger partial charge in [-0.15, -0.1) is 0 Å². The van der Waals surface area contributed by atoms with E-state index in [1.807, 2.05) is 84.0 Å². The van der Waals surface area contributed by atoms with Crippen LogP contribution in [-0.2, 0) is 14.3 Å². The third kappa shape index (κ3) is 7.83. The SMILES string of the molecule is CCC(C)(C)N(C(=O)CNC(=O)OC(C)(C)C)C(C(=O)Nc1ccccc1C)c1cc(C)cc(C)c1. The van der Waals surface area contributed by atoms with Crippen molar-refractivity contribution < 1.29 is 19.1 Å². The van der Waals surface area contributed by atoms with Crippen LogP contribution in [0.15, 0.2) is 42.5 Å². The van der Waals surface area contributed by atoms with Gasteiger partial charge >= 0.3 is 6.09 Å². The van der Waals surface area contributed by atoms with Crippen LogP contribution in [-0.4, -0.2) is 40.5 Å². The van der Waals surface area contributed by atoms with Gasteiger partial charge in [-0.05, 0) is 79.0 Å². The summed E-state index contributed by atoms with van der Waals surface area (Å²) >= 11 is 0. The average molecular weight is 496 g/mol. The molecule has 0 radical (unpaired) electrons. The number of carbonyl (C=O) groups is 3. The zero-order valence-corrected chi connectivity index (χ0v) is 23.1. The van der Waals surface area contributed by atoms with E-state index in [1.165, 1.54) is 0 Å². The molecule has 0 bridgehead atoms. The number of amides is 3. The molecule has 2 aromatic rings. The maximum Gasteiger partial charge on any atom is 0.408 e. The predicted molar refractivity (Wildman–Crippen MR) is 144 cm³/mol. The van der Waals surface area contributed by atoms with Gasteiger partial charge in [0.15, 0.2) is 0 Å². The van der Waals surface area contributed by atoms with Crippen molar-refractivity contribution in [1.29, 1.82) is 0 Å². The van der Waals surface area contributed by atoms with Crippen LogP contribution in [0.5, 0.6) is 0 Å². The number of alkyl carbamates (subject to hydrolysis) is 1. The fourth-order valence-electron chi connectivity index (χ4n) is 4.05. The molecule has 2 N–H and O–H groups in total. The Labute approximate surface area is 215 Å². The normalized spacial score (nSPS) is 12.5. The van der Waals surface area contributed by atoms with E-state index in [4.69, 9.17) is 4.74 Å².